The van der Waals surface area contributed by atoms with Crippen LogP contribution in [0.1, 0.15) is 22.6 Å². The van der Waals surface area contributed by atoms with Gasteiger partial charge in [0.25, 0.3) is 5.91 Å². The number of rotatable bonds is 3. The first-order valence-electron chi connectivity index (χ1n) is 8.41. The van der Waals surface area contributed by atoms with Crippen LogP contribution in [0.4, 0.5) is 0 Å². The maximum atomic E-state index is 13.0. The van der Waals surface area contributed by atoms with Crippen molar-refractivity contribution in [3.63, 3.8) is 0 Å². The fraction of sp³-hybridized carbons (Fsp3) is 0.0476. The Morgan fingerprint density at radius 1 is 1.11 bits per heavy atom. The molecule has 4 rings (SSSR count). The van der Waals surface area contributed by atoms with E-state index in [0.29, 0.717) is 20.6 Å². The number of ether oxygens (including phenoxy) is 1. The SMILES string of the molecule is O=C(N/N=C\c1cc(Br)cc(I)c1O)C1c2ccccc2Oc2ccccc21. The normalized spacial score (nSPS) is 12.9. The van der Waals surface area contributed by atoms with Crippen molar-refractivity contribution in [3.8, 4) is 17.2 Å². The van der Waals surface area contributed by atoms with Gasteiger partial charge in [0.15, 0.2) is 0 Å². The highest BCUT2D eigenvalue weighted by Gasteiger charge is 2.32. The third kappa shape index (κ3) is 3.64. The molecule has 0 unspecified atom stereocenters. The lowest BCUT2D eigenvalue weighted by atomic mass is 9.87. The maximum Gasteiger partial charge on any atom is 0.252 e. The number of fused-ring (bicyclic) bond motifs is 2. The molecule has 1 amide bonds. The zero-order valence-electron chi connectivity index (χ0n) is 14.4. The Morgan fingerprint density at radius 3 is 2.36 bits per heavy atom. The highest BCUT2D eigenvalue weighted by atomic mass is 127. The van der Waals surface area contributed by atoms with E-state index in [1.54, 1.807) is 12.1 Å². The summed E-state index contributed by atoms with van der Waals surface area (Å²) in [6.45, 7) is 0. The third-order valence-electron chi connectivity index (χ3n) is 4.38. The standard InChI is InChI=1S/C21H14BrIN2O3/c22-13-9-12(20(26)16(23)10-13)11-24-25-21(27)19-14-5-1-3-7-17(14)28-18-8-4-2-6-15(18)19/h1-11,19,26H,(H,25,27)/b24-11-. The summed E-state index contributed by atoms with van der Waals surface area (Å²) in [5.41, 5.74) is 4.67. The van der Waals surface area contributed by atoms with Gasteiger partial charge in [0.1, 0.15) is 17.2 Å². The molecule has 7 heteroatoms. The second-order valence-electron chi connectivity index (χ2n) is 6.17. The zero-order valence-corrected chi connectivity index (χ0v) is 18.1. The topological polar surface area (TPSA) is 70.9 Å². The number of benzene rings is 3. The molecule has 3 aromatic rings. The minimum Gasteiger partial charge on any atom is -0.506 e. The van der Waals surface area contributed by atoms with Crippen LogP contribution in [0.3, 0.4) is 0 Å². The quantitative estimate of drug-likeness (QED) is 0.270. The Morgan fingerprint density at radius 2 is 1.71 bits per heavy atom. The molecule has 28 heavy (non-hydrogen) atoms. The molecule has 5 nitrogen and oxygen atoms in total. The van der Waals surface area contributed by atoms with Crippen LogP contribution in [-0.2, 0) is 4.79 Å². The molecule has 0 aliphatic carbocycles. The smallest absolute Gasteiger partial charge is 0.252 e. The predicted octanol–water partition coefficient (Wildman–Crippen LogP) is 5.15. The number of para-hydroxylation sites is 2. The molecule has 0 fully saturated rings. The molecule has 3 aromatic carbocycles. The number of carbonyl (C=O) groups excluding carboxylic acids is 1. The lowest BCUT2D eigenvalue weighted by molar-refractivity contribution is -0.121. The van der Waals surface area contributed by atoms with Crippen molar-refractivity contribution in [1.82, 2.24) is 5.43 Å². The summed E-state index contributed by atoms with van der Waals surface area (Å²) in [5, 5.41) is 14.2. The Bertz CT molecular complexity index is 1060. The van der Waals surface area contributed by atoms with Gasteiger partial charge < -0.3 is 9.84 Å². The van der Waals surface area contributed by atoms with Gasteiger partial charge in [-0.3, -0.25) is 4.79 Å². The maximum absolute atomic E-state index is 13.0. The van der Waals surface area contributed by atoms with Gasteiger partial charge in [-0.25, -0.2) is 5.43 Å². The number of halogens is 2. The summed E-state index contributed by atoms with van der Waals surface area (Å²) in [4.78, 5) is 13.0. The molecule has 0 saturated carbocycles. The number of phenolic OH excluding ortho intramolecular Hbond substituents is 1. The molecule has 0 spiro atoms. The first-order chi connectivity index (χ1) is 13.5. The predicted molar refractivity (Wildman–Crippen MR) is 119 cm³/mol. The molecular weight excluding hydrogens is 535 g/mol. The summed E-state index contributed by atoms with van der Waals surface area (Å²) in [6.07, 6.45) is 1.43. The number of nitrogens with zero attached hydrogens (tertiary/aromatic N) is 1. The van der Waals surface area contributed by atoms with Crippen LogP contribution < -0.4 is 10.2 Å². The fourth-order valence-electron chi connectivity index (χ4n) is 3.11. The lowest BCUT2D eigenvalue weighted by Gasteiger charge is -2.26. The molecular formula is C21H14BrIN2O3. The molecule has 1 heterocycles. The molecule has 1 aliphatic rings. The Balaban J connectivity index is 1.62. The highest BCUT2D eigenvalue weighted by Crippen LogP contribution is 2.43. The molecule has 0 atom stereocenters. The van der Waals surface area contributed by atoms with Gasteiger partial charge in [0.05, 0.1) is 15.7 Å². The molecule has 0 aromatic heterocycles. The van der Waals surface area contributed by atoms with Crippen LogP contribution in [-0.4, -0.2) is 17.2 Å². The number of carbonyl (C=O) groups is 1. The van der Waals surface area contributed by atoms with Crippen molar-refractivity contribution in [3.05, 3.63) is 85.4 Å². The number of nitrogens with one attached hydrogen (secondary N) is 1. The van der Waals surface area contributed by atoms with Gasteiger partial charge in [0.2, 0.25) is 0 Å². The number of hydrogen-bond donors (Lipinski definition) is 2. The Labute approximate surface area is 183 Å². The van der Waals surface area contributed by atoms with E-state index in [-0.39, 0.29) is 11.7 Å². The average molecular weight is 549 g/mol. The fourth-order valence-corrected chi connectivity index (χ4v) is 4.66. The molecule has 0 saturated heterocycles. The van der Waals surface area contributed by atoms with E-state index in [0.717, 1.165) is 15.6 Å². The van der Waals surface area contributed by atoms with Gasteiger partial charge in [-0.05, 0) is 46.9 Å². The summed E-state index contributed by atoms with van der Waals surface area (Å²) in [7, 11) is 0. The number of hydrogen-bond acceptors (Lipinski definition) is 4. The summed E-state index contributed by atoms with van der Waals surface area (Å²) in [5.74, 6) is 0.621. The molecule has 1 aliphatic heterocycles. The lowest BCUT2D eigenvalue weighted by Crippen LogP contribution is -2.28. The first-order valence-corrected chi connectivity index (χ1v) is 10.3. The Kier molecular flexibility index (Phi) is 5.36. The summed E-state index contributed by atoms with van der Waals surface area (Å²) in [6, 6.07) is 18.5. The molecule has 0 bridgehead atoms. The van der Waals surface area contributed by atoms with E-state index in [1.807, 2.05) is 71.1 Å². The summed E-state index contributed by atoms with van der Waals surface area (Å²) < 4.78 is 7.42. The van der Waals surface area contributed by atoms with Gasteiger partial charge in [0, 0.05) is 21.2 Å². The molecule has 0 radical (unpaired) electrons. The minimum atomic E-state index is -0.533. The van der Waals surface area contributed by atoms with E-state index >= 15 is 0 Å². The van der Waals surface area contributed by atoms with Crippen LogP contribution in [0.25, 0.3) is 0 Å². The second kappa shape index (κ2) is 7.92. The van der Waals surface area contributed by atoms with Crippen LogP contribution >= 0.6 is 38.5 Å². The van der Waals surface area contributed by atoms with E-state index in [1.165, 1.54) is 6.21 Å². The van der Waals surface area contributed by atoms with Crippen molar-refractivity contribution < 1.29 is 14.6 Å². The second-order valence-corrected chi connectivity index (χ2v) is 8.25. The minimum absolute atomic E-state index is 0.114. The van der Waals surface area contributed by atoms with Gasteiger partial charge >= 0.3 is 0 Å². The van der Waals surface area contributed by atoms with Crippen LogP contribution in [0, 0.1) is 3.57 Å². The average Bonchev–Trinajstić information content (AvgIpc) is 2.69. The number of hydrazone groups is 1. The number of amides is 1. The first kappa shape index (κ1) is 18.9. The Hall–Kier alpha value is -2.39. The largest absolute Gasteiger partial charge is 0.506 e. The van der Waals surface area contributed by atoms with E-state index in [2.05, 4.69) is 26.5 Å². The van der Waals surface area contributed by atoms with Crippen molar-refractivity contribution in [2.45, 2.75) is 5.92 Å². The molecule has 2 N–H and O–H groups in total. The zero-order chi connectivity index (χ0) is 19.7. The highest BCUT2D eigenvalue weighted by molar-refractivity contribution is 14.1. The van der Waals surface area contributed by atoms with Crippen molar-refractivity contribution in [2.75, 3.05) is 0 Å². The monoisotopic (exact) mass is 548 g/mol. The van der Waals surface area contributed by atoms with Crippen LogP contribution in [0.5, 0.6) is 17.2 Å². The van der Waals surface area contributed by atoms with Gasteiger partial charge in [-0.2, -0.15) is 5.10 Å². The van der Waals surface area contributed by atoms with Gasteiger partial charge in [-0.1, -0.05) is 52.3 Å². The van der Waals surface area contributed by atoms with E-state index in [9.17, 15) is 9.90 Å². The third-order valence-corrected chi connectivity index (χ3v) is 5.66. The van der Waals surface area contributed by atoms with Crippen molar-refractivity contribution in [1.29, 1.82) is 0 Å². The van der Waals surface area contributed by atoms with Crippen LogP contribution in [0.15, 0.2) is 70.2 Å². The summed E-state index contributed by atoms with van der Waals surface area (Å²) >= 11 is 5.42. The van der Waals surface area contributed by atoms with E-state index < -0.39 is 5.92 Å². The van der Waals surface area contributed by atoms with Crippen molar-refractivity contribution in [2.24, 2.45) is 5.10 Å². The number of aromatic hydroxyl groups is 1. The van der Waals surface area contributed by atoms with E-state index in [4.69, 9.17) is 4.74 Å². The van der Waals surface area contributed by atoms with Gasteiger partial charge in [-0.15, -0.1) is 0 Å². The van der Waals surface area contributed by atoms with Crippen molar-refractivity contribution >= 4 is 50.6 Å². The molecule has 140 valence electrons. The van der Waals surface area contributed by atoms with Crippen LogP contribution in [0.2, 0.25) is 0 Å². The number of phenols is 1.